The van der Waals surface area contributed by atoms with Crippen LogP contribution < -0.4 is 0 Å². The first kappa shape index (κ1) is 18.2. The van der Waals surface area contributed by atoms with E-state index in [1.54, 1.807) is 5.57 Å². The number of allylic oxidation sites excluding steroid dienone is 10. The van der Waals surface area contributed by atoms with Crippen LogP contribution in [-0.2, 0) is 0 Å². The number of aryl methyl sites for hydroxylation is 1. The molecule has 0 amide bonds. The molecule has 0 heteroatoms. The van der Waals surface area contributed by atoms with Gasteiger partial charge in [-0.3, -0.25) is 0 Å². The van der Waals surface area contributed by atoms with Crippen LogP contribution in [0.3, 0.4) is 0 Å². The summed E-state index contributed by atoms with van der Waals surface area (Å²) in [7, 11) is 0. The minimum Gasteiger partial charge on any atom is -0.0801 e. The molecule has 0 bridgehead atoms. The lowest BCUT2D eigenvalue weighted by Gasteiger charge is -2.15. The Balaban J connectivity index is 1.67. The molecular formula is C29H28. The lowest BCUT2D eigenvalue weighted by Crippen LogP contribution is -1.95. The van der Waals surface area contributed by atoms with Gasteiger partial charge in [0, 0.05) is 0 Å². The fourth-order valence-electron chi connectivity index (χ4n) is 4.67. The molecule has 2 unspecified atom stereocenters. The summed E-state index contributed by atoms with van der Waals surface area (Å²) in [5.74, 6) is 1.56. The minimum atomic E-state index is 0.753. The van der Waals surface area contributed by atoms with Gasteiger partial charge in [0.1, 0.15) is 0 Å². The number of hydrogen-bond acceptors (Lipinski definition) is 0. The summed E-state index contributed by atoms with van der Waals surface area (Å²) in [5, 5.41) is 0. The second-order valence-corrected chi connectivity index (χ2v) is 8.87. The predicted octanol–water partition coefficient (Wildman–Crippen LogP) is 7.93. The van der Waals surface area contributed by atoms with Crippen molar-refractivity contribution in [3.8, 4) is 11.1 Å². The Bertz CT molecular complexity index is 1130. The second kappa shape index (κ2) is 7.19. The summed E-state index contributed by atoms with van der Waals surface area (Å²) in [6.45, 7) is 6.66. The summed E-state index contributed by atoms with van der Waals surface area (Å²) >= 11 is 0. The lowest BCUT2D eigenvalue weighted by molar-refractivity contribution is 0.913. The SMILES string of the molecule is CC1=CCC=CC(c2cc(C3=CC4CC4C(C)=C3)cc(-c3cccc(C)c3)c2)=C1. The molecule has 0 nitrogen and oxygen atoms in total. The molecule has 0 N–H and O–H groups in total. The highest BCUT2D eigenvalue weighted by Crippen LogP contribution is 2.50. The van der Waals surface area contributed by atoms with Gasteiger partial charge in [0.05, 0.1) is 0 Å². The zero-order valence-electron chi connectivity index (χ0n) is 17.6. The average molecular weight is 377 g/mol. The van der Waals surface area contributed by atoms with Gasteiger partial charge in [-0.05, 0) is 97.0 Å². The summed E-state index contributed by atoms with van der Waals surface area (Å²) in [6, 6.07) is 16.0. The highest BCUT2D eigenvalue weighted by molar-refractivity contribution is 5.86. The van der Waals surface area contributed by atoms with Gasteiger partial charge in [0.2, 0.25) is 0 Å². The van der Waals surface area contributed by atoms with Crippen LogP contribution in [0.1, 0.15) is 43.4 Å². The van der Waals surface area contributed by atoms with Crippen LogP contribution in [0.25, 0.3) is 22.3 Å². The number of rotatable bonds is 3. The van der Waals surface area contributed by atoms with Gasteiger partial charge in [-0.25, -0.2) is 0 Å². The first-order valence-electron chi connectivity index (χ1n) is 10.7. The van der Waals surface area contributed by atoms with E-state index in [1.807, 2.05) is 0 Å². The van der Waals surface area contributed by atoms with Crippen LogP contribution in [-0.4, -0.2) is 0 Å². The quantitative estimate of drug-likeness (QED) is 0.510. The van der Waals surface area contributed by atoms with Gasteiger partial charge in [0.15, 0.2) is 0 Å². The van der Waals surface area contributed by atoms with Gasteiger partial charge < -0.3 is 0 Å². The Morgan fingerprint density at radius 2 is 1.59 bits per heavy atom. The number of hydrogen-bond donors (Lipinski definition) is 0. The Hall–Kier alpha value is -2.86. The molecule has 1 fully saturated rings. The molecule has 0 radical (unpaired) electrons. The molecule has 3 aliphatic rings. The molecule has 3 aliphatic carbocycles. The van der Waals surface area contributed by atoms with Gasteiger partial charge in [-0.15, -0.1) is 0 Å². The summed E-state index contributed by atoms with van der Waals surface area (Å²) in [5.41, 5.74) is 12.1. The number of fused-ring (bicyclic) bond motifs is 1. The topological polar surface area (TPSA) is 0 Å². The molecule has 0 aliphatic heterocycles. The van der Waals surface area contributed by atoms with Crippen molar-refractivity contribution in [3.63, 3.8) is 0 Å². The Morgan fingerprint density at radius 1 is 0.793 bits per heavy atom. The van der Waals surface area contributed by atoms with Crippen molar-refractivity contribution < 1.29 is 0 Å². The van der Waals surface area contributed by atoms with Gasteiger partial charge >= 0.3 is 0 Å². The highest BCUT2D eigenvalue weighted by atomic mass is 14.4. The van der Waals surface area contributed by atoms with E-state index in [4.69, 9.17) is 0 Å². The summed E-state index contributed by atoms with van der Waals surface area (Å²) < 4.78 is 0. The standard InChI is InChI=1S/C29H28/c1-19-7-4-5-9-22(11-19)25-14-26(23-10-6-8-20(2)12-23)16-27(15-25)24-13-21(3)29-18-28(29)17-24/h5-17,28-29H,4,18H2,1-3H3. The third-order valence-electron chi connectivity index (χ3n) is 6.41. The fraction of sp³-hybridized carbons (Fsp3) is 0.241. The van der Waals surface area contributed by atoms with Crippen molar-refractivity contribution in [1.82, 2.24) is 0 Å². The Labute approximate surface area is 174 Å². The van der Waals surface area contributed by atoms with E-state index in [0.717, 1.165) is 18.3 Å². The molecule has 29 heavy (non-hydrogen) atoms. The van der Waals surface area contributed by atoms with Crippen molar-refractivity contribution in [3.05, 3.63) is 107 Å². The molecule has 5 rings (SSSR count). The lowest BCUT2D eigenvalue weighted by atomic mass is 9.89. The van der Waals surface area contributed by atoms with Crippen LogP contribution >= 0.6 is 0 Å². The second-order valence-electron chi connectivity index (χ2n) is 8.87. The Morgan fingerprint density at radius 3 is 2.38 bits per heavy atom. The molecule has 0 saturated heterocycles. The van der Waals surface area contributed by atoms with Gasteiger partial charge in [-0.2, -0.15) is 0 Å². The molecule has 2 aromatic carbocycles. The van der Waals surface area contributed by atoms with E-state index in [-0.39, 0.29) is 0 Å². The van der Waals surface area contributed by atoms with Crippen LogP contribution in [0.15, 0.2) is 90.1 Å². The first-order chi connectivity index (χ1) is 14.1. The zero-order chi connectivity index (χ0) is 20.0. The normalized spacial score (nSPS) is 22.7. The monoisotopic (exact) mass is 376 g/mol. The van der Waals surface area contributed by atoms with Crippen molar-refractivity contribution in [1.29, 1.82) is 0 Å². The summed E-state index contributed by atoms with van der Waals surface area (Å²) in [6.07, 6.45) is 16.4. The van der Waals surface area contributed by atoms with Crippen molar-refractivity contribution in [2.45, 2.75) is 33.6 Å². The smallest absolute Gasteiger partial charge is 0.0133 e. The molecule has 2 atom stereocenters. The summed E-state index contributed by atoms with van der Waals surface area (Å²) in [4.78, 5) is 0. The maximum atomic E-state index is 2.50. The largest absolute Gasteiger partial charge is 0.0801 e. The molecule has 0 aromatic heterocycles. The van der Waals surface area contributed by atoms with Crippen LogP contribution in [0.4, 0.5) is 0 Å². The number of benzene rings is 2. The average Bonchev–Trinajstić information content (AvgIpc) is 3.52. The molecule has 2 aromatic rings. The third kappa shape index (κ3) is 3.72. The minimum absolute atomic E-state index is 0.753. The van der Waals surface area contributed by atoms with Crippen molar-refractivity contribution >= 4 is 11.1 Å². The van der Waals surface area contributed by atoms with Crippen LogP contribution in [0.2, 0.25) is 0 Å². The predicted molar refractivity (Wildman–Crippen MR) is 125 cm³/mol. The van der Waals surface area contributed by atoms with E-state index in [9.17, 15) is 0 Å². The molecule has 0 heterocycles. The molecule has 0 spiro atoms. The van der Waals surface area contributed by atoms with Gasteiger partial charge in [-0.1, -0.05) is 77.4 Å². The Kier molecular flexibility index (Phi) is 4.51. The fourth-order valence-corrected chi connectivity index (χ4v) is 4.67. The van der Waals surface area contributed by atoms with E-state index in [2.05, 4.69) is 99.7 Å². The first-order valence-corrected chi connectivity index (χ1v) is 10.7. The van der Waals surface area contributed by atoms with E-state index >= 15 is 0 Å². The maximum absolute atomic E-state index is 2.50. The van der Waals surface area contributed by atoms with Crippen LogP contribution in [0.5, 0.6) is 0 Å². The molecular weight excluding hydrogens is 348 g/mol. The molecule has 1 saturated carbocycles. The van der Waals surface area contributed by atoms with Crippen LogP contribution in [0, 0.1) is 18.8 Å². The maximum Gasteiger partial charge on any atom is -0.0133 e. The van der Waals surface area contributed by atoms with E-state index in [1.165, 1.54) is 51.0 Å². The zero-order valence-corrected chi connectivity index (χ0v) is 17.6. The van der Waals surface area contributed by atoms with Gasteiger partial charge in [0.25, 0.3) is 0 Å². The van der Waals surface area contributed by atoms with Crippen molar-refractivity contribution in [2.24, 2.45) is 11.8 Å². The third-order valence-corrected chi connectivity index (χ3v) is 6.41. The van der Waals surface area contributed by atoms with E-state index in [0.29, 0.717) is 0 Å². The molecule has 144 valence electrons. The van der Waals surface area contributed by atoms with Crippen molar-refractivity contribution in [2.75, 3.05) is 0 Å². The van der Waals surface area contributed by atoms with E-state index < -0.39 is 0 Å². The highest BCUT2D eigenvalue weighted by Gasteiger charge is 2.38.